The van der Waals surface area contributed by atoms with Gasteiger partial charge in [0.25, 0.3) is 5.92 Å². The number of alkyl halides is 2. The lowest BCUT2D eigenvalue weighted by Gasteiger charge is -2.25. The van der Waals surface area contributed by atoms with Gasteiger partial charge in [-0.25, -0.2) is 8.78 Å². The van der Waals surface area contributed by atoms with E-state index in [0.29, 0.717) is 5.75 Å². The zero-order chi connectivity index (χ0) is 12.8. The number of hydrogen-bond donors (Lipinski definition) is 1. The summed E-state index contributed by atoms with van der Waals surface area (Å²) >= 11 is 0. The molecule has 0 bridgehead atoms. The highest BCUT2D eigenvalue weighted by atomic mass is 19.3. The molecule has 1 aromatic rings. The third kappa shape index (κ3) is 2.20. The molecule has 0 saturated heterocycles. The zero-order valence-electron chi connectivity index (χ0n) is 9.88. The van der Waals surface area contributed by atoms with E-state index in [0.717, 1.165) is 6.92 Å². The monoisotopic (exact) mass is 244 g/mol. The fourth-order valence-corrected chi connectivity index (χ4v) is 1.81. The van der Waals surface area contributed by atoms with Gasteiger partial charge in [0.15, 0.2) is 11.5 Å². The van der Waals surface area contributed by atoms with Gasteiger partial charge in [-0.3, -0.25) is 0 Å². The van der Waals surface area contributed by atoms with Gasteiger partial charge >= 0.3 is 0 Å². The summed E-state index contributed by atoms with van der Waals surface area (Å²) in [7, 11) is 0. The highest BCUT2D eigenvalue weighted by molar-refractivity contribution is 5.51. The molecule has 5 heteroatoms. The molecule has 0 aromatic heterocycles. The van der Waals surface area contributed by atoms with Crippen LogP contribution >= 0.6 is 0 Å². The van der Waals surface area contributed by atoms with Gasteiger partial charge in [0.1, 0.15) is 0 Å². The number of fused-ring (bicyclic) bond motifs is 1. The maximum Gasteiger partial charge on any atom is 0.271 e. The quantitative estimate of drug-likeness (QED) is 0.869. The van der Waals surface area contributed by atoms with E-state index in [9.17, 15) is 13.9 Å². The van der Waals surface area contributed by atoms with Crippen molar-refractivity contribution in [2.75, 3.05) is 6.79 Å². The topological polar surface area (TPSA) is 38.7 Å². The lowest BCUT2D eigenvalue weighted by molar-refractivity contribution is 0.00726. The maximum atomic E-state index is 13.5. The van der Waals surface area contributed by atoms with E-state index in [2.05, 4.69) is 0 Å². The Kier molecular flexibility index (Phi) is 2.54. The summed E-state index contributed by atoms with van der Waals surface area (Å²) in [6.07, 6.45) is 0. The molecule has 1 aromatic carbocycles. The largest absolute Gasteiger partial charge is 0.454 e. The SMILES string of the molecule is CC(C)(O)c1cc2c(cc1C(C)(F)F)OCO2. The van der Waals surface area contributed by atoms with E-state index in [1.807, 2.05) is 0 Å². The highest BCUT2D eigenvalue weighted by Crippen LogP contribution is 2.43. The van der Waals surface area contributed by atoms with Gasteiger partial charge in [0, 0.05) is 12.5 Å². The van der Waals surface area contributed by atoms with Crippen LogP contribution in [0.2, 0.25) is 0 Å². The first-order valence-electron chi connectivity index (χ1n) is 5.24. The zero-order valence-corrected chi connectivity index (χ0v) is 9.88. The fourth-order valence-electron chi connectivity index (χ4n) is 1.81. The Balaban J connectivity index is 2.64. The predicted molar refractivity (Wildman–Crippen MR) is 57.4 cm³/mol. The molecule has 17 heavy (non-hydrogen) atoms. The summed E-state index contributed by atoms with van der Waals surface area (Å²) in [4.78, 5) is 0. The van der Waals surface area contributed by atoms with Crippen molar-refractivity contribution in [2.24, 2.45) is 0 Å². The van der Waals surface area contributed by atoms with Crippen LogP contribution in [-0.2, 0) is 11.5 Å². The maximum absolute atomic E-state index is 13.5. The Labute approximate surface area is 98.0 Å². The van der Waals surface area contributed by atoms with Crippen LogP contribution in [0.5, 0.6) is 11.5 Å². The van der Waals surface area contributed by atoms with Gasteiger partial charge in [0.05, 0.1) is 5.60 Å². The Morgan fingerprint density at radius 3 is 1.94 bits per heavy atom. The van der Waals surface area contributed by atoms with Crippen LogP contribution in [0, 0.1) is 0 Å². The van der Waals surface area contributed by atoms with Crippen LogP contribution in [0.15, 0.2) is 12.1 Å². The first-order chi connectivity index (χ1) is 7.69. The van der Waals surface area contributed by atoms with E-state index >= 15 is 0 Å². The number of hydrogen-bond acceptors (Lipinski definition) is 3. The molecule has 2 rings (SSSR count). The minimum atomic E-state index is -3.05. The average Bonchev–Trinajstić information content (AvgIpc) is 2.59. The predicted octanol–water partition coefficient (Wildman–Crippen LogP) is 2.75. The Morgan fingerprint density at radius 1 is 1.06 bits per heavy atom. The Morgan fingerprint density at radius 2 is 1.53 bits per heavy atom. The number of ether oxygens (including phenoxy) is 2. The van der Waals surface area contributed by atoms with Crippen molar-refractivity contribution in [3.05, 3.63) is 23.3 Å². The minimum Gasteiger partial charge on any atom is -0.454 e. The van der Waals surface area contributed by atoms with Gasteiger partial charge in [-0.05, 0) is 31.5 Å². The van der Waals surface area contributed by atoms with Crippen molar-refractivity contribution in [2.45, 2.75) is 32.3 Å². The van der Waals surface area contributed by atoms with Crippen molar-refractivity contribution in [1.29, 1.82) is 0 Å². The Bertz CT molecular complexity index is 403. The molecule has 3 nitrogen and oxygen atoms in total. The van der Waals surface area contributed by atoms with E-state index in [4.69, 9.17) is 9.47 Å². The molecule has 94 valence electrons. The molecule has 0 saturated carbocycles. The van der Waals surface area contributed by atoms with E-state index in [1.165, 1.54) is 26.0 Å². The second kappa shape index (κ2) is 3.57. The molecule has 0 fully saturated rings. The first kappa shape index (κ1) is 12.1. The summed E-state index contributed by atoms with van der Waals surface area (Å²) in [6, 6.07) is 2.64. The number of benzene rings is 1. The average molecular weight is 244 g/mol. The van der Waals surface area contributed by atoms with Crippen LogP contribution in [0.25, 0.3) is 0 Å². The molecule has 0 amide bonds. The molecule has 0 radical (unpaired) electrons. The van der Waals surface area contributed by atoms with Gasteiger partial charge in [-0.15, -0.1) is 0 Å². The molecule has 1 aliphatic rings. The van der Waals surface area contributed by atoms with Crippen molar-refractivity contribution in [1.82, 2.24) is 0 Å². The third-order valence-electron chi connectivity index (χ3n) is 2.64. The number of aliphatic hydroxyl groups is 1. The molecular weight excluding hydrogens is 230 g/mol. The number of halogens is 2. The van der Waals surface area contributed by atoms with Gasteiger partial charge in [-0.2, -0.15) is 0 Å². The molecule has 0 atom stereocenters. The molecule has 1 aliphatic heterocycles. The highest BCUT2D eigenvalue weighted by Gasteiger charge is 2.35. The van der Waals surface area contributed by atoms with E-state index in [-0.39, 0.29) is 23.7 Å². The summed E-state index contributed by atoms with van der Waals surface area (Å²) in [5, 5.41) is 9.93. The Hall–Kier alpha value is -1.36. The normalized spacial score (nSPS) is 15.2. The van der Waals surface area contributed by atoms with Crippen molar-refractivity contribution in [3.63, 3.8) is 0 Å². The van der Waals surface area contributed by atoms with E-state index < -0.39 is 11.5 Å². The minimum absolute atomic E-state index is 0.0133. The van der Waals surface area contributed by atoms with Crippen LogP contribution < -0.4 is 9.47 Å². The smallest absolute Gasteiger partial charge is 0.271 e. The number of rotatable bonds is 2. The van der Waals surface area contributed by atoms with Gasteiger partial charge < -0.3 is 14.6 Å². The van der Waals surface area contributed by atoms with Crippen molar-refractivity contribution in [3.8, 4) is 11.5 Å². The molecule has 1 N–H and O–H groups in total. The molecule has 0 spiro atoms. The van der Waals surface area contributed by atoms with Crippen molar-refractivity contribution < 1.29 is 23.4 Å². The lowest BCUT2D eigenvalue weighted by atomic mass is 9.90. The standard InChI is InChI=1S/C12H14F2O3/c1-11(2,15)7-4-9-10(17-6-16-9)5-8(7)12(3,13)14/h4-5,15H,6H2,1-3H3. The molecule has 0 aliphatic carbocycles. The molecule has 0 unspecified atom stereocenters. The summed E-state index contributed by atoms with van der Waals surface area (Å²) < 4.78 is 37.2. The summed E-state index contributed by atoms with van der Waals surface area (Å²) in [5.41, 5.74) is -1.46. The lowest BCUT2D eigenvalue weighted by Crippen LogP contribution is -2.22. The van der Waals surface area contributed by atoms with Gasteiger partial charge in [-0.1, -0.05) is 0 Å². The van der Waals surface area contributed by atoms with Crippen molar-refractivity contribution >= 4 is 0 Å². The van der Waals surface area contributed by atoms with Crippen LogP contribution in [-0.4, -0.2) is 11.9 Å². The second-order valence-corrected chi connectivity index (χ2v) is 4.70. The first-order valence-corrected chi connectivity index (χ1v) is 5.24. The van der Waals surface area contributed by atoms with Gasteiger partial charge in [0.2, 0.25) is 6.79 Å². The summed E-state index contributed by atoms with van der Waals surface area (Å²) in [6.45, 7) is 3.72. The fraction of sp³-hybridized carbons (Fsp3) is 0.500. The second-order valence-electron chi connectivity index (χ2n) is 4.70. The molecular formula is C12H14F2O3. The van der Waals surface area contributed by atoms with E-state index in [1.54, 1.807) is 0 Å². The van der Waals surface area contributed by atoms with Crippen LogP contribution in [0.4, 0.5) is 8.78 Å². The van der Waals surface area contributed by atoms with Crippen LogP contribution in [0.3, 0.4) is 0 Å². The van der Waals surface area contributed by atoms with Crippen LogP contribution in [0.1, 0.15) is 31.9 Å². The third-order valence-corrected chi connectivity index (χ3v) is 2.64. The molecule has 1 heterocycles. The summed E-state index contributed by atoms with van der Waals surface area (Å²) in [5.74, 6) is -2.37.